The number of hydrogen-bond donors (Lipinski definition) is 2. The molecule has 3 aromatic rings. The first kappa shape index (κ1) is 30.5. The largest absolute Gasteiger partial charge is 0.486 e. The van der Waals surface area contributed by atoms with Gasteiger partial charge in [-0.3, -0.25) is 9.52 Å². The number of benzene rings is 2. The van der Waals surface area contributed by atoms with E-state index >= 15 is 0 Å². The summed E-state index contributed by atoms with van der Waals surface area (Å²) in [6.07, 6.45) is 1.98. The summed E-state index contributed by atoms with van der Waals surface area (Å²) in [7, 11) is -4.96. The lowest BCUT2D eigenvalue weighted by atomic mass is 9.99. The highest BCUT2D eigenvalue weighted by Crippen LogP contribution is 2.36. The molecule has 1 amide bonds. The van der Waals surface area contributed by atoms with Crippen LogP contribution in [-0.4, -0.2) is 85.5 Å². The second kappa shape index (κ2) is 11.8. The first-order chi connectivity index (χ1) is 19.2. The molecule has 12 nitrogen and oxygen atoms in total. The molecule has 1 aliphatic heterocycles. The number of sulfonamides is 2. The van der Waals surface area contributed by atoms with Gasteiger partial charge in [-0.2, -0.15) is 4.31 Å². The number of amides is 1. The Kier molecular flexibility index (Phi) is 8.78. The van der Waals surface area contributed by atoms with Crippen LogP contribution in [0.25, 0.3) is 0 Å². The Morgan fingerprint density at radius 1 is 1.17 bits per heavy atom. The number of aliphatic hydroxyl groups is 1. The Bertz CT molecular complexity index is 1620. The zero-order chi connectivity index (χ0) is 30.1. The fraction of sp³-hybridized carbons (Fsp3) is 0.407. The number of hydrogen-bond acceptors (Lipinski definition) is 8. The first-order valence-electron chi connectivity index (χ1n) is 13.0. The van der Waals surface area contributed by atoms with Crippen LogP contribution in [0.1, 0.15) is 29.8 Å². The molecular weight excluding hydrogens is 570 g/mol. The van der Waals surface area contributed by atoms with Gasteiger partial charge in [-0.05, 0) is 38.1 Å². The Balaban J connectivity index is 1.76. The van der Waals surface area contributed by atoms with E-state index in [0.717, 1.165) is 9.87 Å². The summed E-state index contributed by atoms with van der Waals surface area (Å²) in [6, 6.07) is 10.3. The lowest BCUT2D eigenvalue weighted by Crippen LogP contribution is -2.50. The zero-order valence-corrected chi connectivity index (χ0v) is 25.2. The molecule has 0 saturated carbocycles. The van der Waals surface area contributed by atoms with E-state index in [1.807, 2.05) is 6.92 Å². The van der Waals surface area contributed by atoms with Gasteiger partial charge in [0, 0.05) is 32.8 Å². The van der Waals surface area contributed by atoms with Crippen molar-refractivity contribution in [3.05, 3.63) is 66.1 Å². The fourth-order valence-corrected chi connectivity index (χ4v) is 6.70. The topological polar surface area (TPSA) is 151 Å². The van der Waals surface area contributed by atoms with E-state index in [1.165, 1.54) is 59.4 Å². The molecule has 2 N–H and O–H groups in total. The number of aromatic nitrogens is 2. The van der Waals surface area contributed by atoms with Crippen LogP contribution in [-0.2, 0) is 27.1 Å². The van der Waals surface area contributed by atoms with Crippen molar-refractivity contribution in [1.82, 2.24) is 18.8 Å². The number of anilines is 1. The monoisotopic (exact) mass is 605 g/mol. The van der Waals surface area contributed by atoms with Crippen molar-refractivity contribution in [2.24, 2.45) is 13.0 Å². The van der Waals surface area contributed by atoms with Crippen molar-refractivity contribution in [2.75, 3.05) is 31.5 Å². The summed E-state index contributed by atoms with van der Waals surface area (Å²) >= 11 is 0. The molecular formula is C27H35N5O7S2. The zero-order valence-electron chi connectivity index (χ0n) is 23.6. The molecule has 4 rings (SSSR count). The molecule has 3 atom stereocenters. The highest BCUT2D eigenvalue weighted by molar-refractivity contribution is 7.92. The third kappa shape index (κ3) is 6.40. The quantitative estimate of drug-likeness (QED) is 0.376. The normalized spacial score (nSPS) is 18.8. The molecule has 0 fully saturated rings. The summed E-state index contributed by atoms with van der Waals surface area (Å²) < 4.78 is 64.6. The van der Waals surface area contributed by atoms with Gasteiger partial charge in [0.25, 0.3) is 26.0 Å². The van der Waals surface area contributed by atoms with E-state index in [1.54, 1.807) is 33.0 Å². The van der Waals surface area contributed by atoms with Gasteiger partial charge in [-0.1, -0.05) is 30.7 Å². The molecule has 41 heavy (non-hydrogen) atoms. The molecule has 0 spiro atoms. The van der Waals surface area contributed by atoms with Crippen LogP contribution < -0.4 is 9.46 Å². The van der Waals surface area contributed by atoms with E-state index < -0.39 is 44.0 Å². The Labute approximate surface area is 240 Å². The predicted molar refractivity (Wildman–Crippen MR) is 153 cm³/mol. The highest BCUT2D eigenvalue weighted by atomic mass is 32.2. The molecule has 1 aromatic heterocycles. The van der Waals surface area contributed by atoms with E-state index in [-0.39, 0.29) is 46.6 Å². The van der Waals surface area contributed by atoms with Gasteiger partial charge in [0.2, 0.25) is 0 Å². The SMILES string of the molecule is Cc1ccc(S(=O)(=O)Nc2cccc3c2O[C@@H](CN(C)S(=O)(=O)c2cn(C)cn2)[C@H](C)CN([C@H](C)CO)C3=O)cc1. The van der Waals surface area contributed by atoms with Crippen molar-refractivity contribution >= 4 is 31.6 Å². The summed E-state index contributed by atoms with van der Waals surface area (Å²) in [5, 5.41) is 9.76. The average molecular weight is 606 g/mol. The number of likely N-dealkylation sites (N-methyl/N-ethyl adjacent to an activating group) is 1. The standard InChI is InChI=1S/C27H35N5O7S2/c1-18-9-11-21(12-10-18)40(35,36)29-23-8-6-7-22-26(23)39-24(19(2)13-32(27(22)34)20(3)16-33)14-31(5)41(37,38)25-15-30(4)17-28-25/h6-12,15,17,19-20,24,29,33H,13-14,16H2,1-5H3/t19-,20-,24+/m1/s1. The number of imidazole rings is 1. The van der Waals surface area contributed by atoms with Gasteiger partial charge in [0.15, 0.2) is 10.8 Å². The molecule has 0 aliphatic carbocycles. The molecule has 0 saturated heterocycles. The third-order valence-electron chi connectivity index (χ3n) is 7.06. The first-order valence-corrected chi connectivity index (χ1v) is 15.9. The van der Waals surface area contributed by atoms with Gasteiger partial charge in [-0.25, -0.2) is 21.8 Å². The highest BCUT2D eigenvalue weighted by Gasteiger charge is 2.37. The second-order valence-electron chi connectivity index (χ2n) is 10.4. The Morgan fingerprint density at radius 2 is 1.85 bits per heavy atom. The Morgan fingerprint density at radius 3 is 2.46 bits per heavy atom. The number of nitrogens with zero attached hydrogens (tertiary/aromatic N) is 4. The number of fused-ring (bicyclic) bond motifs is 1. The number of aryl methyl sites for hydroxylation is 2. The number of ether oxygens (including phenoxy) is 1. The van der Waals surface area contributed by atoms with Crippen LogP contribution in [0.5, 0.6) is 5.75 Å². The molecule has 1 aliphatic rings. The number of nitrogens with one attached hydrogen (secondary N) is 1. The van der Waals surface area contributed by atoms with Crippen molar-refractivity contribution in [1.29, 1.82) is 0 Å². The van der Waals surface area contributed by atoms with Crippen molar-refractivity contribution in [3.63, 3.8) is 0 Å². The number of aliphatic hydroxyl groups excluding tert-OH is 1. The van der Waals surface area contributed by atoms with E-state index in [0.29, 0.717) is 0 Å². The minimum absolute atomic E-state index is 0.0245. The molecule has 0 bridgehead atoms. The van der Waals surface area contributed by atoms with Gasteiger partial charge < -0.3 is 19.3 Å². The van der Waals surface area contributed by atoms with Crippen molar-refractivity contribution < 1.29 is 31.5 Å². The summed E-state index contributed by atoms with van der Waals surface area (Å²) in [4.78, 5) is 19.2. The third-order valence-corrected chi connectivity index (χ3v) is 10.2. The number of rotatable bonds is 9. The van der Waals surface area contributed by atoms with Crippen LogP contribution >= 0.6 is 0 Å². The summed E-state index contributed by atoms with van der Waals surface area (Å²) in [5.74, 6) is -0.884. The van der Waals surface area contributed by atoms with Crippen molar-refractivity contribution in [2.45, 2.75) is 42.8 Å². The maximum absolute atomic E-state index is 13.7. The van der Waals surface area contributed by atoms with Gasteiger partial charge in [0.1, 0.15) is 6.10 Å². The van der Waals surface area contributed by atoms with Gasteiger partial charge in [-0.15, -0.1) is 0 Å². The lowest BCUT2D eigenvalue weighted by Gasteiger charge is -2.38. The van der Waals surface area contributed by atoms with E-state index in [9.17, 15) is 26.7 Å². The van der Waals surface area contributed by atoms with Crippen LogP contribution in [0.4, 0.5) is 5.69 Å². The van der Waals surface area contributed by atoms with Crippen molar-refractivity contribution in [3.8, 4) is 5.75 Å². The predicted octanol–water partition coefficient (Wildman–Crippen LogP) is 2.07. The van der Waals surface area contributed by atoms with Crippen LogP contribution in [0.15, 0.2) is 64.9 Å². The number of para-hydroxylation sites is 1. The van der Waals surface area contributed by atoms with Crippen LogP contribution in [0.3, 0.4) is 0 Å². The number of carbonyl (C=O) groups excluding carboxylic acids is 1. The van der Waals surface area contributed by atoms with Crippen LogP contribution in [0.2, 0.25) is 0 Å². The number of carbonyl (C=O) groups is 1. The average Bonchev–Trinajstić information content (AvgIpc) is 3.37. The molecule has 0 radical (unpaired) electrons. The molecule has 222 valence electrons. The lowest BCUT2D eigenvalue weighted by molar-refractivity contribution is 0.0389. The fourth-order valence-electron chi connectivity index (χ4n) is 4.50. The van der Waals surface area contributed by atoms with E-state index in [4.69, 9.17) is 4.74 Å². The molecule has 14 heteroatoms. The maximum atomic E-state index is 13.7. The second-order valence-corrected chi connectivity index (χ2v) is 14.1. The summed E-state index contributed by atoms with van der Waals surface area (Å²) in [5.41, 5.74) is 1.01. The maximum Gasteiger partial charge on any atom is 0.262 e. The molecule has 2 aromatic carbocycles. The smallest absolute Gasteiger partial charge is 0.262 e. The van der Waals surface area contributed by atoms with Crippen LogP contribution in [0, 0.1) is 12.8 Å². The minimum atomic E-state index is -4.06. The molecule has 2 heterocycles. The van der Waals surface area contributed by atoms with Gasteiger partial charge >= 0.3 is 0 Å². The van der Waals surface area contributed by atoms with E-state index in [2.05, 4.69) is 9.71 Å². The molecule has 0 unspecified atom stereocenters. The Hall–Kier alpha value is -3.46. The minimum Gasteiger partial charge on any atom is -0.486 e. The summed E-state index contributed by atoms with van der Waals surface area (Å²) in [6.45, 7) is 5.10. The van der Waals surface area contributed by atoms with Gasteiger partial charge in [0.05, 0.1) is 41.7 Å².